The van der Waals surface area contributed by atoms with E-state index < -0.39 is 11.5 Å². The average molecular weight is 382 g/mol. The second-order valence-corrected chi connectivity index (χ2v) is 7.56. The zero-order chi connectivity index (χ0) is 19.9. The van der Waals surface area contributed by atoms with Crippen LogP contribution in [0, 0.1) is 12.7 Å². The molecule has 2 fully saturated rings. The van der Waals surface area contributed by atoms with E-state index in [1.54, 1.807) is 24.3 Å². The van der Waals surface area contributed by atoms with Crippen molar-refractivity contribution in [2.24, 2.45) is 0 Å². The molecule has 0 bridgehead atoms. The number of hydrogen-bond acceptors (Lipinski definition) is 4. The number of aryl methyl sites for hydroxylation is 1. The molecule has 2 aromatic rings. The summed E-state index contributed by atoms with van der Waals surface area (Å²) in [6.45, 7) is 3.11. The van der Waals surface area contributed by atoms with Crippen molar-refractivity contribution in [2.75, 3.05) is 20.2 Å². The predicted molar refractivity (Wildman–Crippen MR) is 103 cm³/mol. The highest BCUT2D eigenvalue weighted by atomic mass is 19.1. The van der Waals surface area contributed by atoms with Crippen LogP contribution in [0.1, 0.15) is 29.9 Å². The number of hydroxylamine groups is 2. The molecular weight excluding hydrogens is 359 g/mol. The predicted octanol–water partition coefficient (Wildman–Crippen LogP) is 2.98. The molecule has 1 atom stereocenters. The Morgan fingerprint density at radius 3 is 2.36 bits per heavy atom. The molecule has 1 amide bonds. The number of benzene rings is 2. The second-order valence-electron chi connectivity index (χ2n) is 7.56. The number of Topliss-reactive ketones (excluding diaryl/α,β-unsaturated/α-hetero) is 1. The highest BCUT2D eigenvalue weighted by Gasteiger charge is 2.54. The van der Waals surface area contributed by atoms with Gasteiger partial charge in [0.15, 0.2) is 5.78 Å². The van der Waals surface area contributed by atoms with E-state index in [9.17, 15) is 14.0 Å². The van der Waals surface area contributed by atoms with E-state index in [1.165, 1.54) is 12.1 Å². The number of piperidine rings is 1. The van der Waals surface area contributed by atoms with Crippen LogP contribution in [0.25, 0.3) is 11.1 Å². The standard InChI is InChI=1S/C22H23FN2O3/c1-14-3-4-16(15-5-7-17(23)8-6-15)13-18(14)19-20(26)22(24-21(19)27)9-11-25(28-2)12-10-22/h3-8,13,19H,9-12H2,1-2H3,(H,24,27). The van der Waals surface area contributed by atoms with Crippen LogP contribution in [0.15, 0.2) is 42.5 Å². The lowest BCUT2D eigenvalue weighted by Crippen LogP contribution is -2.54. The fraction of sp³-hybridized carbons (Fsp3) is 0.364. The van der Waals surface area contributed by atoms with Crippen molar-refractivity contribution in [1.82, 2.24) is 10.4 Å². The van der Waals surface area contributed by atoms with Crippen molar-refractivity contribution in [1.29, 1.82) is 0 Å². The van der Waals surface area contributed by atoms with Gasteiger partial charge in [-0.3, -0.25) is 9.59 Å². The number of carbonyl (C=O) groups is 2. The first-order chi connectivity index (χ1) is 13.4. The SMILES string of the molecule is CON1CCC2(CC1)NC(=O)C(c1cc(-c3ccc(F)cc3)ccc1C)C2=O. The summed E-state index contributed by atoms with van der Waals surface area (Å²) in [6.07, 6.45) is 1.08. The molecule has 1 unspecified atom stereocenters. The van der Waals surface area contributed by atoms with Crippen LogP contribution < -0.4 is 5.32 Å². The van der Waals surface area contributed by atoms with Crippen molar-refractivity contribution in [2.45, 2.75) is 31.2 Å². The summed E-state index contributed by atoms with van der Waals surface area (Å²) >= 11 is 0. The molecule has 28 heavy (non-hydrogen) atoms. The molecule has 2 saturated heterocycles. The maximum absolute atomic E-state index is 13.3. The Kier molecular flexibility index (Phi) is 4.77. The Morgan fingerprint density at radius 1 is 1.07 bits per heavy atom. The number of carbonyl (C=O) groups excluding carboxylic acids is 2. The van der Waals surface area contributed by atoms with E-state index in [0.717, 1.165) is 22.3 Å². The summed E-state index contributed by atoms with van der Waals surface area (Å²) in [5.41, 5.74) is 2.50. The number of amides is 1. The number of hydrogen-bond donors (Lipinski definition) is 1. The summed E-state index contributed by atoms with van der Waals surface area (Å²) in [5, 5.41) is 4.79. The van der Waals surface area contributed by atoms with Crippen LogP contribution in [0.4, 0.5) is 4.39 Å². The number of halogens is 1. The van der Waals surface area contributed by atoms with E-state index in [-0.39, 0.29) is 17.5 Å². The molecule has 0 radical (unpaired) electrons. The van der Waals surface area contributed by atoms with Gasteiger partial charge in [0.2, 0.25) is 5.91 Å². The van der Waals surface area contributed by atoms with Crippen molar-refractivity contribution in [3.05, 3.63) is 59.4 Å². The van der Waals surface area contributed by atoms with Gasteiger partial charge >= 0.3 is 0 Å². The molecule has 2 aliphatic heterocycles. The minimum absolute atomic E-state index is 0.0624. The fourth-order valence-corrected chi connectivity index (χ4v) is 4.24. The van der Waals surface area contributed by atoms with Gasteiger partial charge in [0.25, 0.3) is 0 Å². The molecule has 0 saturated carbocycles. The fourth-order valence-electron chi connectivity index (χ4n) is 4.24. The summed E-state index contributed by atoms with van der Waals surface area (Å²) < 4.78 is 13.2. The summed E-state index contributed by atoms with van der Waals surface area (Å²) in [5.74, 6) is -1.41. The molecule has 1 spiro atoms. The molecule has 0 aliphatic carbocycles. The molecule has 146 valence electrons. The molecular formula is C22H23FN2O3. The molecule has 2 aliphatic rings. The normalized spacial score (nSPS) is 21.9. The van der Waals surface area contributed by atoms with Crippen LogP contribution >= 0.6 is 0 Å². The zero-order valence-electron chi connectivity index (χ0n) is 16.0. The van der Waals surface area contributed by atoms with Crippen molar-refractivity contribution in [3.63, 3.8) is 0 Å². The Bertz CT molecular complexity index is 918. The monoisotopic (exact) mass is 382 g/mol. The molecule has 4 rings (SSSR count). The first-order valence-electron chi connectivity index (χ1n) is 9.45. The van der Waals surface area contributed by atoms with Gasteiger partial charge in [0.1, 0.15) is 17.3 Å². The maximum atomic E-state index is 13.3. The van der Waals surface area contributed by atoms with Crippen LogP contribution in [-0.4, -0.2) is 42.5 Å². The van der Waals surface area contributed by atoms with E-state index in [2.05, 4.69) is 5.32 Å². The molecule has 6 heteroatoms. The van der Waals surface area contributed by atoms with Gasteiger partial charge in [-0.2, -0.15) is 5.06 Å². The smallest absolute Gasteiger partial charge is 0.235 e. The van der Waals surface area contributed by atoms with Gasteiger partial charge in [-0.1, -0.05) is 24.3 Å². The van der Waals surface area contributed by atoms with Crippen molar-refractivity contribution >= 4 is 11.7 Å². The van der Waals surface area contributed by atoms with Crippen LogP contribution in [0.3, 0.4) is 0 Å². The lowest BCUT2D eigenvalue weighted by atomic mass is 9.79. The van der Waals surface area contributed by atoms with Gasteiger partial charge in [0.05, 0.1) is 7.11 Å². The van der Waals surface area contributed by atoms with Crippen molar-refractivity contribution < 1.29 is 18.8 Å². The van der Waals surface area contributed by atoms with Gasteiger partial charge < -0.3 is 10.2 Å². The van der Waals surface area contributed by atoms with Crippen LogP contribution in [0.2, 0.25) is 0 Å². The summed E-state index contributed by atoms with van der Waals surface area (Å²) in [6, 6.07) is 11.9. The van der Waals surface area contributed by atoms with Gasteiger partial charge in [-0.25, -0.2) is 4.39 Å². The molecule has 1 N–H and O–H groups in total. The van der Waals surface area contributed by atoms with Gasteiger partial charge in [0, 0.05) is 13.1 Å². The largest absolute Gasteiger partial charge is 0.343 e. The molecule has 2 heterocycles. The average Bonchev–Trinajstić information content (AvgIpc) is 2.93. The third-order valence-corrected chi connectivity index (χ3v) is 5.96. The highest BCUT2D eigenvalue weighted by Crippen LogP contribution is 2.38. The maximum Gasteiger partial charge on any atom is 0.235 e. The topological polar surface area (TPSA) is 58.6 Å². The lowest BCUT2D eigenvalue weighted by Gasteiger charge is -2.36. The minimum Gasteiger partial charge on any atom is -0.343 e. The van der Waals surface area contributed by atoms with E-state index >= 15 is 0 Å². The Morgan fingerprint density at radius 2 is 1.71 bits per heavy atom. The van der Waals surface area contributed by atoms with Gasteiger partial charge in [-0.15, -0.1) is 0 Å². The molecule has 2 aromatic carbocycles. The van der Waals surface area contributed by atoms with Crippen molar-refractivity contribution in [3.8, 4) is 11.1 Å². The number of nitrogens with zero attached hydrogens (tertiary/aromatic N) is 1. The number of rotatable bonds is 3. The Hall–Kier alpha value is -2.57. The summed E-state index contributed by atoms with van der Waals surface area (Å²) in [4.78, 5) is 31.4. The summed E-state index contributed by atoms with van der Waals surface area (Å²) in [7, 11) is 1.61. The van der Waals surface area contributed by atoms with Gasteiger partial charge in [-0.05, 0) is 60.2 Å². The highest BCUT2D eigenvalue weighted by molar-refractivity contribution is 6.17. The van der Waals surface area contributed by atoms with Crippen LogP contribution in [0.5, 0.6) is 0 Å². The quantitative estimate of drug-likeness (QED) is 0.830. The lowest BCUT2D eigenvalue weighted by molar-refractivity contribution is -0.157. The third kappa shape index (κ3) is 3.12. The minimum atomic E-state index is -0.811. The number of ketones is 1. The van der Waals surface area contributed by atoms with E-state index in [4.69, 9.17) is 4.84 Å². The molecule has 0 aromatic heterocycles. The number of nitrogens with one attached hydrogen (secondary N) is 1. The molecule has 5 nitrogen and oxygen atoms in total. The van der Waals surface area contributed by atoms with E-state index in [0.29, 0.717) is 25.9 Å². The Labute approximate surface area is 163 Å². The van der Waals surface area contributed by atoms with E-state index in [1.807, 2.05) is 25.1 Å². The first-order valence-corrected chi connectivity index (χ1v) is 9.45. The second kappa shape index (κ2) is 7.11. The first kappa shape index (κ1) is 18.8. The van der Waals surface area contributed by atoms with Crippen LogP contribution in [-0.2, 0) is 14.4 Å². The Balaban J connectivity index is 1.67. The third-order valence-electron chi connectivity index (χ3n) is 5.96. The zero-order valence-corrected chi connectivity index (χ0v) is 16.0.